The average Bonchev–Trinajstić information content (AvgIpc) is 2.84. The molecule has 150 valence electrons. The Morgan fingerprint density at radius 1 is 1.14 bits per heavy atom. The van der Waals surface area contributed by atoms with Crippen LogP contribution in [-0.4, -0.2) is 31.4 Å². The second kappa shape index (κ2) is 9.05. The van der Waals surface area contributed by atoms with Crippen molar-refractivity contribution in [1.82, 2.24) is 0 Å². The van der Waals surface area contributed by atoms with Gasteiger partial charge in [0.05, 0.1) is 24.9 Å². The van der Waals surface area contributed by atoms with Gasteiger partial charge in [0.2, 0.25) is 5.91 Å². The number of fused-ring (bicyclic) bond motifs is 1. The molecule has 0 unspecified atom stereocenters. The minimum atomic E-state index is -0.462. The van der Waals surface area contributed by atoms with E-state index in [2.05, 4.69) is 15.4 Å². The van der Waals surface area contributed by atoms with E-state index in [0.29, 0.717) is 22.8 Å². The van der Waals surface area contributed by atoms with Crippen molar-refractivity contribution < 1.29 is 19.1 Å². The number of methoxy groups -OCH3 is 1. The van der Waals surface area contributed by atoms with Crippen LogP contribution in [0.4, 0.5) is 17.1 Å². The molecule has 0 fully saturated rings. The first-order valence-corrected chi connectivity index (χ1v) is 9.34. The summed E-state index contributed by atoms with van der Waals surface area (Å²) in [6, 6.07) is 14.7. The van der Waals surface area contributed by atoms with Crippen LogP contribution in [0.2, 0.25) is 0 Å². The number of hydrogen-bond acceptors (Lipinski definition) is 5. The van der Waals surface area contributed by atoms with Gasteiger partial charge in [-0.05, 0) is 36.2 Å². The van der Waals surface area contributed by atoms with Crippen LogP contribution >= 0.6 is 0 Å². The number of nitrogens with zero attached hydrogens (tertiary/aromatic N) is 1. The maximum Gasteiger partial charge on any atom is 0.311 e. The fraction of sp³-hybridized carbons (Fsp3) is 0.227. The third kappa shape index (κ3) is 5.01. The SMILES string of the molecule is CCc1cccc(NC(=O)CN2C(=O)C=C(CC(=O)OC)Nc3ccccc32)c1. The van der Waals surface area contributed by atoms with Gasteiger partial charge in [0, 0.05) is 17.5 Å². The van der Waals surface area contributed by atoms with Crippen LogP contribution in [0.25, 0.3) is 0 Å². The van der Waals surface area contributed by atoms with Crippen LogP contribution in [0, 0.1) is 0 Å². The van der Waals surface area contributed by atoms with Gasteiger partial charge in [-0.1, -0.05) is 31.2 Å². The lowest BCUT2D eigenvalue weighted by Gasteiger charge is -2.21. The Bertz CT molecular complexity index is 968. The van der Waals surface area contributed by atoms with Crippen LogP contribution in [0.15, 0.2) is 60.3 Å². The van der Waals surface area contributed by atoms with E-state index in [9.17, 15) is 14.4 Å². The smallest absolute Gasteiger partial charge is 0.311 e. The number of benzene rings is 2. The molecule has 2 N–H and O–H groups in total. The predicted molar refractivity (Wildman–Crippen MR) is 112 cm³/mol. The van der Waals surface area contributed by atoms with E-state index in [1.54, 1.807) is 18.2 Å². The Labute approximate surface area is 169 Å². The average molecular weight is 393 g/mol. The van der Waals surface area contributed by atoms with Gasteiger partial charge in [0.15, 0.2) is 0 Å². The Morgan fingerprint density at radius 2 is 1.93 bits per heavy atom. The maximum absolute atomic E-state index is 12.8. The molecule has 0 bridgehead atoms. The highest BCUT2D eigenvalue weighted by molar-refractivity contribution is 6.10. The van der Waals surface area contributed by atoms with Crippen molar-refractivity contribution in [1.29, 1.82) is 0 Å². The molecule has 2 amide bonds. The van der Waals surface area contributed by atoms with Gasteiger partial charge in [-0.2, -0.15) is 0 Å². The van der Waals surface area contributed by atoms with Crippen molar-refractivity contribution >= 4 is 34.8 Å². The Balaban J connectivity index is 1.82. The van der Waals surface area contributed by atoms with Crippen molar-refractivity contribution in [3.05, 3.63) is 65.9 Å². The van der Waals surface area contributed by atoms with Crippen LogP contribution in [0.3, 0.4) is 0 Å². The number of amides is 2. The highest BCUT2D eigenvalue weighted by Gasteiger charge is 2.25. The summed E-state index contributed by atoms with van der Waals surface area (Å²) in [6.07, 6.45) is 2.11. The lowest BCUT2D eigenvalue weighted by atomic mass is 10.1. The highest BCUT2D eigenvalue weighted by atomic mass is 16.5. The maximum atomic E-state index is 12.8. The third-order valence-corrected chi connectivity index (χ3v) is 4.54. The predicted octanol–water partition coefficient (Wildman–Crippen LogP) is 3.09. The lowest BCUT2D eigenvalue weighted by molar-refractivity contribution is -0.139. The molecule has 1 aliphatic heterocycles. The Morgan fingerprint density at radius 3 is 2.69 bits per heavy atom. The first-order valence-electron chi connectivity index (χ1n) is 9.34. The zero-order chi connectivity index (χ0) is 20.8. The summed E-state index contributed by atoms with van der Waals surface area (Å²) in [5.41, 5.74) is 3.40. The molecule has 1 aliphatic rings. The van der Waals surface area contributed by atoms with Crippen LogP contribution in [0.5, 0.6) is 0 Å². The van der Waals surface area contributed by atoms with Crippen LogP contribution < -0.4 is 15.5 Å². The molecule has 7 heteroatoms. The summed E-state index contributed by atoms with van der Waals surface area (Å²) in [5, 5.41) is 5.93. The normalized spacial score (nSPS) is 13.0. The van der Waals surface area contributed by atoms with Crippen molar-refractivity contribution in [3.63, 3.8) is 0 Å². The van der Waals surface area contributed by atoms with Gasteiger partial charge in [-0.3, -0.25) is 19.3 Å². The van der Waals surface area contributed by atoms with Crippen molar-refractivity contribution in [2.75, 3.05) is 29.2 Å². The number of esters is 1. The molecule has 0 aliphatic carbocycles. The monoisotopic (exact) mass is 393 g/mol. The molecule has 0 saturated carbocycles. The minimum Gasteiger partial charge on any atom is -0.469 e. The number of carbonyl (C=O) groups is 3. The number of para-hydroxylation sites is 2. The lowest BCUT2D eigenvalue weighted by Crippen LogP contribution is -2.37. The second-order valence-electron chi connectivity index (χ2n) is 6.59. The van der Waals surface area contributed by atoms with E-state index < -0.39 is 5.97 Å². The summed E-state index contributed by atoms with van der Waals surface area (Å²) < 4.78 is 4.68. The number of nitrogens with one attached hydrogen (secondary N) is 2. The first-order chi connectivity index (χ1) is 14.0. The number of carbonyl (C=O) groups excluding carboxylic acids is 3. The van der Waals surface area contributed by atoms with Gasteiger partial charge in [-0.25, -0.2) is 0 Å². The van der Waals surface area contributed by atoms with Gasteiger partial charge in [0.1, 0.15) is 6.54 Å². The quantitative estimate of drug-likeness (QED) is 0.737. The third-order valence-electron chi connectivity index (χ3n) is 4.54. The van der Waals surface area contributed by atoms with E-state index in [1.807, 2.05) is 37.3 Å². The molecular formula is C22H23N3O4. The molecule has 3 rings (SSSR count). The number of hydrogen-bond donors (Lipinski definition) is 2. The largest absolute Gasteiger partial charge is 0.469 e. The molecule has 0 spiro atoms. The topological polar surface area (TPSA) is 87.7 Å². The summed E-state index contributed by atoms with van der Waals surface area (Å²) >= 11 is 0. The molecule has 2 aromatic rings. The Hall–Kier alpha value is -3.61. The summed E-state index contributed by atoms with van der Waals surface area (Å²) in [7, 11) is 1.29. The molecular weight excluding hydrogens is 370 g/mol. The van der Waals surface area contributed by atoms with E-state index in [4.69, 9.17) is 0 Å². The standard InChI is InChI=1S/C22H23N3O4/c1-3-15-7-6-8-16(11-15)24-20(26)14-25-19-10-5-4-9-18(19)23-17(12-21(25)27)13-22(28)29-2/h4-12,23H,3,13-14H2,1-2H3,(H,24,26). The number of anilines is 3. The van der Waals surface area contributed by atoms with E-state index in [1.165, 1.54) is 18.1 Å². The molecule has 0 aromatic heterocycles. The highest BCUT2D eigenvalue weighted by Crippen LogP contribution is 2.30. The first kappa shape index (κ1) is 20.1. The van der Waals surface area contributed by atoms with Crippen molar-refractivity contribution in [2.45, 2.75) is 19.8 Å². The number of ether oxygens (including phenoxy) is 1. The number of aryl methyl sites for hydroxylation is 1. The van der Waals surface area contributed by atoms with Crippen LogP contribution in [-0.2, 0) is 25.5 Å². The summed E-state index contributed by atoms with van der Waals surface area (Å²) in [6.45, 7) is 1.88. The second-order valence-corrected chi connectivity index (χ2v) is 6.59. The summed E-state index contributed by atoms with van der Waals surface area (Å²) in [5.74, 6) is -1.17. The van der Waals surface area contributed by atoms with E-state index >= 15 is 0 Å². The van der Waals surface area contributed by atoms with Crippen molar-refractivity contribution in [3.8, 4) is 0 Å². The molecule has 29 heavy (non-hydrogen) atoms. The van der Waals surface area contributed by atoms with Gasteiger partial charge < -0.3 is 15.4 Å². The molecule has 0 saturated heterocycles. The fourth-order valence-electron chi connectivity index (χ4n) is 3.07. The van der Waals surface area contributed by atoms with Crippen molar-refractivity contribution in [2.24, 2.45) is 0 Å². The molecule has 0 radical (unpaired) electrons. The van der Waals surface area contributed by atoms with Crippen LogP contribution in [0.1, 0.15) is 18.9 Å². The van der Waals surface area contributed by atoms with Gasteiger partial charge in [-0.15, -0.1) is 0 Å². The molecule has 2 aromatic carbocycles. The zero-order valence-corrected chi connectivity index (χ0v) is 16.4. The van der Waals surface area contributed by atoms with Gasteiger partial charge in [0.25, 0.3) is 5.91 Å². The van der Waals surface area contributed by atoms with E-state index in [0.717, 1.165) is 12.0 Å². The van der Waals surface area contributed by atoms with Gasteiger partial charge >= 0.3 is 5.97 Å². The Kier molecular flexibility index (Phi) is 6.29. The molecule has 7 nitrogen and oxygen atoms in total. The molecule has 0 atom stereocenters. The zero-order valence-electron chi connectivity index (χ0n) is 16.4. The summed E-state index contributed by atoms with van der Waals surface area (Å²) in [4.78, 5) is 38.5. The minimum absolute atomic E-state index is 0.0690. The fourth-order valence-corrected chi connectivity index (χ4v) is 3.07. The number of rotatable bonds is 6. The van der Waals surface area contributed by atoms with E-state index in [-0.39, 0.29) is 24.8 Å². The molecule has 1 heterocycles.